The predicted octanol–water partition coefficient (Wildman–Crippen LogP) is 0.780. The van der Waals surface area contributed by atoms with Crippen molar-refractivity contribution in [3.8, 4) is 0 Å². The Morgan fingerprint density at radius 3 is 2.76 bits per heavy atom. The fourth-order valence-corrected chi connectivity index (χ4v) is 2.46. The number of amides is 2. The molecule has 9 heteroatoms. The molecule has 1 aromatic rings. The van der Waals surface area contributed by atoms with E-state index >= 15 is 0 Å². The molecule has 1 fully saturated rings. The minimum absolute atomic E-state index is 0.0181. The summed E-state index contributed by atoms with van der Waals surface area (Å²) in [5.74, 6) is -1.43. The largest absolute Gasteiger partial charge is 0.465 e. The number of hydrogen-bond donors (Lipinski definition) is 2. The number of rotatable bonds is 2. The molecule has 0 spiro atoms. The molecule has 1 aliphatic rings. The highest BCUT2D eigenvalue weighted by atomic mass is 79.9. The summed E-state index contributed by atoms with van der Waals surface area (Å²) in [4.78, 5) is 29.3. The fraction of sp³-hybridized carbons (Fsp3) is 0.417. The number of aromatic nitrogens is 1. The zero-order valence-electron chi connectivity index (χ0n) is 10.9. The van der Waals surface area contributed by atoms with Gasteiger partial charge >= 0.3 is 6.09 Å². The quantitative estimate of drug-likeness (QED) is 0.811. The second kappa shape index (κ2) is 6.35. The minimum atomic E-state index is -1.12. The first-order valence-electron chi connectivity index (χ1n) is 6.14. The van der Waals surface area contributed by atoms with Crippen molar-refractivity contribution in [1.29, 1.82) is 0 Å². The number of nitrogens with zero attached hydrogens (tertiary/aromatic N) is 3. The average Bonchev–Trinajstić information content (AvgIpc) is 2.45. The van der Waals surface area contributed by atoms with Crippen molar-refractivity contribution < 1.29 is 24.2 Å². The van der Waals surface area contributed by atoms with Gasteiger partial charge in [0.05, 0.1) is 12.6 Å². The first-order valence-corrected chi connectivity index (χ1v) is 6.94. The van der Waals surface area contributed by atoms with Crippen LogP contribution in [0.15, 0.2) is 16.7 Å². The third-order valence-corrected chi connectivity index (χ3v) is 3.67. The first kappa shape index (κ1) is 15.6. The maximum absolute atomic E-state index is 13.8. The van der Waals surface area contributed by atoms with Gasteiger partial charge in [0.2, 0.25) is 0 Å². The Morgan fingerprint density at radius 2 is 2.19 bits per heavy atom. The van der Waals surface area contributed by atoms with Crippen LogP contribution in [0.1, 0.15) is 10.5 Å². The summed E-state index contributed by atoms with van der Waals surface area (Å²) < 4.78 is 14.2. The number of hydrogen-bond acceptors (Lipinski definition) is 4. The van der Waals surface area contributed by atoms with E-state index in [1.165, 1.54) is 11.1 Å². The topological polar surface area (TPSA) is 94.0 Å². The summed E-state index contributed by atoms with van der Waals surface area (Å²) in [6, 6.07) is 0.411. The van der Waals surface area contributed by atoms with Crippen molar-refractivity contribution in [3.05, 3.63) is 28.2 Å². The highest BCUT2D eigenvalue weighted by Crippen LogP contribution is 2.17. The minimum Gasteiger partial charge on any atom is -0.465 e. The lowest BCUT2D eigenvalue weighted by molar-refractivity contribution is 0.0302. The van der Waals surface area contributed by atoms with Crippen molar-refractivity contribution in [2.24, 2.45) is 0 Å². The number of aliphatic hydroxyl groups excluding tert-OH is 1. The molecule has 1 aliphatic heterocycles. The molecule has 2 amide bonds. The first-order chi connectivity index (χ1) is 9.93. The van der Waals surface area contributed by atoms with Gasteiger partial charge in [-0.05, 0) is 22.0 Å². The fourth-order valence-electron chi connectivity index (χ4n) is 2.16. The van der Waals surface area contributed by atoms with Gasteiger partial charge in [0.25, 0.3) is 5.91 Å². The van der Waals surface area contributed by atoms with Gasteiger partial charge in [0.1, 0.15) is 0 Å². The number of halogens is 2. The summed E-state index contributed by atoms with van der Waals surface area (Å²) in [6.07, 6.45) is 0.186. The summed E-state index contributed by atoms with van der Waals surface area (Å²) in [5.41, 5.74) is -0.347. The average molecular weight is 362 g/mol. The van der Waals surface area contributed by atoms with Gasteiger partial charge < -0.3 is 20.0 Å². The van der Waals surface area contributed by atoms with Gasteiger partial charge in [0.15, 0.2) is 11.5 Å². The van der Waals surface area contributed by atoms with Crippen LogP contribution in [0.3, 0.4) is 0 Å². The zero-order chi connectivity index (χ0) is 15.6. The molecule has 21 heavy (non-hydrogen) atoms. The lowest BCUT2D eigenvalue weighted by Crippen LogP contribution is -2.57. The lowest BCUT2D eigenvalue weighted by atomic mass is 10.1. The molecule has 0 saturated carbocycles. The number of carbonyl (C=O) groups excluding carboxylic acids is 1. The van der Waals surface area contributed by atoms with Crippen LogP contribution in [0.4, 0.5) is 9.18 Å². The number of carboxylic acid groups (broad SMARTS) is 1. The number of pyridine rings is 1. The Morgan fingerprint density at radius 1 is 1.48 bits per heavy atom. The molecule has 2 rings (SSSR count). The summed E-state index contributed by atoms with van der Waals surface area (Å²) in [6.45, 7) is -0.243. The van der Waals surface area contributed by atoms with E-state index in [1.807, 2.05) is 0 Å². The van der Waals surface area contributed by atoms with E-state index in [0.717, 1.165) is 11.0 Å². The summed E-state index contributed by atoms with van der Waals surface area (Å²) in [7, 11) is 0. The second-order valence-electron chi connectivity index (χ2n) is 4.55. The van der Waals surface area contributed by atoms with Crippen LogP contribution in [0.2, 0.25) is 0 Å². The zero-order valence-corrected chi connectivity index (χ0v) is 12.5. The Kier molecular flexibility index (Phi) is 4.73. The molecular weight excluding hydrogens is 349 g/mol. The Hall–Kier alpha value is -1.74. The van der Waals surface area contributed by atoms with Crippen LogP contribution in [0.5, 0.6) is 0 Å². The van der Waals surface area contributed by atoms with E-state index in [4.69, 9.17) is 5.11 Å². The number of piperazine rings is 1. The molecule has 1 aromatic heterocycles. The van der Waals surface area contributed by atoms with Gasteiger partial charge in [-0.1, -0.05) is 0 Å². The van der Waals surface area contributed by atoms with Gasteiger partial charge in [-0.15, -0.1) is 0 Å². The molecule has 0 aliphatic carbocycles. The van der Waals surface area contributed by atoms with Gasteiger partial charge in [-0.25, -0.2) is 14.2 Å². The van der Waals surface area contributed by atoms with Gasteiger partial charge in [-0.2, -0.15) is 0 Å². The SMILES string of the molecule is O=C(O)N1CCN(C(=O)c2ncc(Br)cc2F)C(CO)C1. The highest BCUT2D eigenvalue weighted by molar-refractivity contribution is 9.10. The van der Waals surface area contributed by atoms with Crippen molar-refractivity contribution in [1.82, 2.24) is 14.8 Å². The van der Waals surface area contributed by atoms with Crippen molar-refractivity contribution in [2.45, 2.75) is 6.04 Å². The van der Waals surface area contributed by atoms with Gasteiger partial charge in [-0.3, -0.25) is 4.79 Å². The molecule has 114 valence electrons. The van der Waals surface area contributed by atoms with E-state index < -0.39 is 30.5 Å². The predicted molar refractivity (Wildman–Crippen MR) is 73.4 cm³/mol. The Bertz CT molecular complexity index is 571. The normalized spacial score (nSPS) is 18.7. The molecule has 0 bridgehead atoms. The van der Waals surface area contributed by atoms with E-state index in [0.29, 0.717) is 4.47 Å². The molecule has 7 nitrogen and oxygen atoms in total. The second-order valence-corrected chi connectivity index (χ2v) is 5.46. The third kappa shape index (κ3) is 3.30. The standard InChI is InChI=1S/C12H13BrFN3O4/c13-7-3-9(14)10(15-4-7)11(19)17-2-1-16(12(20)21)5-8(17)6-18/h3-4,8,18H,1-2,5-6H2,(H,20,21). The van der Waals surface area contributed by atoms with Crippen LogP contribution >= 0.6 is 15.9 Å². The van der Waals surface area contributed by atoms with Crippen LogP contribution in [0.25, 0.3) is 0 Å². The summed E-state index contributed by atoms with van der Waals surface area (Å²) >= 11 is 3.05. The van der Waals surface area contributed by atoms with E-state index in [-0.39, 0.29) is 25.3 Å². The van der Waals surface area contributed by atoms with Crippen molar-refractivity contribution >= 4 is 27.9 Å². The summed E-state index contributed by atoms with van der Waals surface area (Å²) in [5, 5.41) is 18.3. The highest BCUT2D eigenvalue weighted by Gasteiger charge is 2.34. The third-order valence-electron chi connectivity index (χ3n) is 3.24. The molecule has 0 radical (unpaired) electrons. The lowest BCUT2D eigenvalue weighted by Gasteiger charge is -2.39. The van der Waals surface area contributed by atoms with Crippen LogP contribution in [-0.4, -0.2) is 69.3 Å². The molecule has 2 heterocycles. The number of carbonyl (C=O) groups is 2. The molecule has 1 atom stereocenters. The molecule has 1 saturated heterocycles. The maximum atomic E-state index is 13.8. The molecule has 2 N–H and O–H groups in total. The van der Waals surface area contributed by atoms with Crippen LogP contribution in [0, 0.1) is 5.82 Å². The Labute approximate surface area is 128 Å². The van der Waals surface area contributed by atoms with Crippen LogP contribution < -0.4 is 0 Å². The van der Waals surface area contributed by atoms with Crippen molar-refractivity contribution in [2.75, 3.05) is 26.2 Å². The molecule has 1 unspecified atom stereocenters. The van der Waals surface area contributed by atoms with E-state index in [9.17, 15) is 19.1 Å². The smallest absolute Gasteiger partial charge is 0.407 e. The van der Waals surface area contributed by atoms with E-state index in [2.05, 4.69) is 20.9 Å². The number of aliphatic hydroxyl groups is 1. The monoisotopic (exact) mass is 361 g/mol. The van der Waals surface area contributed by atoms with E-state index in [1.54, 1.807) is 0 Å². The van der Waals surface area contributed by atoms with Crippen LogP contribution in [-0.2, 0) is 0 Å². The maximum Gasteiger partial charge on any atom is 0.407 e. The molecular formula is C12H13BrFN3O4. The van der Waals surface area contributed by atoms with Gasteiger partial charge in [0, 0.05) is 30.3 Å². The molecule has 0 aromatic carbocycles. The van der Waals surface area contributed by atoms with Crippen molar-refractivity contribution in [3.63, 3.8) is 0 Å². The Balaban J connectivity index is 2.20.